The maximum atomic E-state index is 12.6. The van der Waals surface area contributed by atoms with Gasteiger partial charge in [0.15, 0.2) is 0 Å². The number of esters is 2. The minimum absolute atomic E-state index is 0.204. The molecule has 126 valence electrons. The van der Waals surface area contributed by atoms with Gasteiger partial charge in [-0.25, -0.2) is 4.79 Å². The molecule has 2 fully saturated rings. The molecule has 0 aromatic heterocycles. The van der Waals surface area contributed by atoms with Crippen LogP contribution in [-0.4, -0.2) is 51.6 Å². The van der Waals surface area contributed by atoms with Gasteiger partial charge < -0.3 is 15.2 Å². The van der Waals surface area contributed by atoms with Crippen molar-refractivity contribution >= 4 is 29.6 Å². The predicted molar refractivity (Wildman–Crippen MR) is 83.1 cm³/mol. The van der Waals surface area contributed by atoms with Crippen LogP contribution in [0.4, 0.5) is 0 Å². The quantitative estimate of drug-likeness (QED) is 0.578. The second-order valence-electron chi connectivity index (χ2n) is 6.83. The Bertz CT molecular complexity index is 609. The Balaban J connectivity index is 1.96. The van der Waals surface area contributed by atoms with Gasteiger partial charge in [-0.05, 0) is 27.2 Å². The van der Waals surface area contributed by atoms with E-state index in [4.69, 9.17) is 15.2 Å². The van der Waals surface area contributed by atoms with E-state index in [2.05, 4.69) is 0 Å². The summed E-state index contributed by atoms with van der Waals surface area (Å²) in [5.74, 6) is -0.662. The average Bonchev–Trinajstić information content (AvgIpc) is 2.89. The molecule has 3 atom stereocenters. The number of amides is 1. The van der Waals surface area contributed by atoms with Crippen LogP contribution >= 0.6 is 11.8 Å². The number of nitrogens with zero attached hydrogens (tertiary/aromatic N) is 1. The van der Waals surface area contributed by atoms with Gasteiger partial charge in [0.2, 0.25) is 5.91 Å². The first-order valence-corrected chi connectivity index (χ1v) is 8.60. The lowest BCUT2D eigenvalue weighted by Crippen LogP contribution is -2.69. The first-order valence-electron chi connectivity index (χ1n) is 7.55. The van der Waals surface area contributed by atoms with E-state index in [-0.39, 0.29) is 22.9 Å². The maximum absolute atomic E-state index is 12.6. The van der Waals surface area contributed by atoms with Gasteiger partial charge in [0, 0.05) is 17.7 Å². The highest BCUT2D eigenvalue weighted by Gasteiger charge is 2.53. The summed E-state index contributed by atoms with van der Waals surface area (Å²) >= 11 is 1.48. The zero-order valence-corrected chi connectivity index (χ0v) is 14.1. The van der Waals surface area contributed by atoms with Crippen LogP contribution in [0.1, 0.15) is 33.6 Å². The van der Waals surface area contributed by atoms with Gasteiger partial charge in [0.25, 0.3) is 0 Å². The normalized spacial score (nSPS) is 30.8. The Hall–Kier alpha value is -1.54. The minimum atomic E-state index is -0.683. The zero-order chi connectivity index (χ0) is 16.9. The number of cyclic esters (lactones) is 1. The van der Waals surface area contributed by atoms with Crippen molar-refractivity contribution in [2.24, 2.45) is 5.73 Å². The number of thioether (sulfide) groups is 1. The van der Waals surface area contributed by atoms with Crippen molar-refractivity contribution in [1.82, 2.24) is 4.90 Å². The minimum Gasteiger partial charge on any atom is -0.458 e. The fraction of sp³-hybridized carbons (Fsp3) is 0.667. The second-order valence-corrected chi connectivity index (χ2v) is 7.93. The van der Waals surface area contributed by atoms with Gasteiger partial charge in [0.05, 0.1) is 0 Å². The summed E-state index contributed by atoms with van der Waals surface area (Å²) in [5.41, 5.74) is 5.98. The summed E-state index contributed by atoms with van der Waals surface area (Å²) in [7, 11) is 0. The van der Waals surface area contributed by atoms with Crippen molar-refractivity contribution in [2.45, 2.75) is 56.7 Å². The Morgan fingerprint density at radius 3 is 2.65 bits per heavy atom. The molecule has 3 rings (SSSR count). The monoisotopic (exact) mass is 340 g/mol. The number of nitrogens with two attached hydrogens (primary N) is 1. The molecule has 0 aromatic rings. The molecule has 0 unspecified atom stereocenters. The molecule has 0 aliphatic carbocycles. The van der Waals surface area contributed by atoms with Crippen molar-refractivity contribution < 1.29 is 23.9 Å². The maximum Gasteiger partial charge on any atom is 0.355 e. The lowest BCUT2D eigenvalue weighted by molar-refractivity contribution is -0.158. The number of carbonyl (C=O) groups excluding carboxylic acids is 3. The van der Waals surface area contributed by atoms with E-state index in [9.17, 15) is 14.4 Å². The molecule has 0 bridgehead atoms. The first kappa shape index (κ1) is 16.3. The largest absolute Gasteiger partial charge is 0.458 e. The van der Waals surface area contributed by atoms with Gasteiger partial charge in [-0.1, -0.05) is 0 Å². The highest BCUT2D eigenvalue weighted by Crippen LogP contribution is 2.42. The average molecular weight is 340 g/mol. The third kappa shape index (κ3) is 2.85. The lowest BCUT2D eigenvalue weighted by atomic mass is 9.99. The Morgan fingerprint density at radius 1 is 1.39 bits per heavy atom. The molecule has 0 saturated carbocycles. The molecular formula is C15H20N2O5S. The SMILES string of the molecule is CC(C)(C)OC(=O)C1=C([C@@H]2CCC(=O)O2)CS[C@@H]2[C@H](N)C(=O)N12. The fourth-order valence-corrected chi connectivity index (χ4v) is 4.23. The van der Waals surface area contributed by atoms with Gasteiger partial charge >= 0.3 is 11.9 Å². The van der Waals surface area contributed by atoms with Crippen molar-refractivity contribution in [3.05, 3.63) is 11.3 Å². The number of β-lactam (4-membered cyclic amide) rings is 1. The van der Waals surface area contributed by atoms with Crippen molar-refractivity contribution in [3.63, 3.8) is 0 Å². The molecule has 1 amide bonds. The number of carbonyl (C=O) groups is 3. The molecule has 7 nitrogen and oxygen atoms in total. The topological polar surface area (TPSA) is 98.9 Å². The van der Waals surface area contributed by atoms with Gasteiger partial charge in [-0.3, -0.25) is 14.5 Å². The number of hydrogen-bond acceptors (Lipinski definition) is 7. The molecule has 8 heteroatoms. The van der Waals surface area contributed by atoms with E-state index in [1.807, 2.05) is 0 Å². The van der Waals surface area contributed by atoms with Gasteiger partial charge in [0.1, 0.15) is 28.8 Å². The Kier molecular flexibility index (Phi) is 3.92. The van der Waals surface area contributed by atoms with Crippen molar-refractivity contribution in [2.75, 3.05) is 5.75 Å². The highest BCUT2D eigenvalue weighted by molar-refractivity contribution is 8.00. The molecule has 2 saturated heterocycles. The molecular weight excluding hydrogens is 320 g/mol. The Labute approximate surface area is 138 Å². The smallest absolute Gasteiger partial charge is 0.355 e. The summed E-state index contributed by atoms with van der Waals surface area (Å²) in [6, 6.07) is -0.606. The molecule has 2 N–H and O–H groups in total. The first-order chi connectivity index (χ1) is 10.7. The Morgan fingerprint density at radius 2 is 2.09 bits per heavy atom. The van der Waals surface area contributed by atoms with E-state index >= 15 is 0 Å². The van der Waals surface area contributed by atoms with E-state index in [1.165, 1.54) is 16.7 Å². The summed E-state index contributed by atoms with van der Waals surface area (Å²) in [6.45, 7) is 5.29. The standard InChI is InChI=1S/C15H20N2O5S/c1-15(2,3)22-14(20)11-7(8-4-5-9(18)21-8)6-23-13-10(16)12(19)17(11)13/h8,10,13H,4-6,16H2,1-3H3/t8-,10+,13+/m0/s1. The van der Waals surface area contributed by atoms with Crippen LogP contribution in [0, 0.1) is 0 Å². The number of hydrogen-bond donors (Lipinski definition) is 1. The van der Waals surface area contributed by atoms with Crippen LogP contribution in [0.5, 0.6) is 0 Å². The summed E-state index contributed by atoms with van der Waals surface area (Å²) < 4.78 is 10.7. The summed E-state index contributed by atoms with van der Waals surface area (Å²) in [5, 5.41) is -0.258. The van der Waals surface area contributed by atoms with Crippen LogP contribution in [0.3, 0.4) is 0 Å². The molecule has 3 aliphatic heterocycles. The van der Waals surface area contributed by atoms with Crippen LogP contribution in [0.2, 0.25) is 0 Å². The molecule has 0 spiro atoms. The van der Waals surface area contributed by atoms with Crippen LogP contribution in [0.15, 0.2) is 11.3 Å². The van der Waals surface area contributed by atoms with E-state index in [0.717, 1.165) is 0 Å². The van der Waals surface area contributed by atoms with Crippen molar-refractivity contribution in [3.8, 4) is 0 Å². The molecule has 0 aromatic carbocycles. The fourth-order valence-electron chi connectivity index (χ4n) is 2.87. The molecule has 3 heterocycles. The van der Waals surface area contributed by atoms with Crippen molar-refractivity contribution in [1.29, 1.82) is 0 Å². The van der Waals surface area contributed by atoms with E-state index < -0.39 is 23.7 Å². The third-order valence-corrected chi connectivity index (χ3v) is 5.23. The molecule has 0 radical (unpaired) electrons. The number of ether oxygens (including phenoxy) is 2. The molecule has 23 heavy (non-hydrogen) atoms. The highest BCUT2D eigenvalue weighted by atomic mass is 32.2. The lowest BCUT2D eigenvalue weighted by Gasteiger charge is -2.49. The second kappa shape index (κ2) is 5.52. The number of fused-ring (bicyclic) bond motifs is 1. The number of rotatable bonds is 2. The van der Waals surface area contributed by atoms with Crippen LogP contribution < -0.4 is 5.73 Å². The third-order valence-electron chi connectivity index (χ3n) is 3.90. The summed E-state index contributed by atoms with van der Waals surface area (Å²) in [4.78, 5) is 37.6. The van der Waals surface area contributed by atoms with Gasteiger partial charge in [-0.15, -0.1) is 11.8 Å². The van der Waals surface area contributed by atoms with E-state index in [1.54, 1.807) is 20.8 Å². The molecule has 3 aliphatic rings. The summed E-state index contributed by atoms with van der Waals surface area (Å²) in [6.07, 6.45) is 0.361. The van der Waals surface area contributed by atoms with Crippen LogP contribution in [0.25, 0.3) is 0 Å². The zero-order valence-electron chi connectivity index (χ0n) is 13.3. The van der Waals surface area contributed by atoms with E-state index in [0.29, 0.717) is 24.2 Å². The predicted octanol–water partition coefficient (Wildman–Crippen LogP) is 0.530. The van der Waals surface area contributed by atoms with Crippen LogP contribution in [-0.2, 0) is 23.9 Å². The van der Waals surface area contributed by atoms with Gasteiger partial charge in [-0.2, -0.15) is 0 Å².